The first kappa shape index (κ1) is 18.8. The number of likely N-dealkylation sites (tertiary alicyclic amines) is 1. The molecule has 2 aromatic rings. The third kappa shape index (κ3) is 3.07. The number of amidine groups is 1. The van der Waals surface area contributed by atoms with Crippen LogP contribution in [0.15, 0.2) is 41.5 Å². The van der Waals surface area contributed by atoms with Crippen molar-refractivity contribution >= 4 is 23.6 Å². The average Bonchev–Trinajstić information content (AvgIpc) is 3.22. The fraction of sp³-hybridized carbons (Fsp3) is 0.455. The number of aliphatic imine (C=N–C) groups is 1. The highest BCUT2D eigenvalue weighted by Crippen LogP contribution is 2.33. The first-order valence-electron chi connectivity index (χ1n) is 10.7. The summed E-state index contributed by atoms with van der Waals surface area (Å²) in [6, 6.07) is 9.70. The summed E-state index contributed by atoms with van der Waals surface area (Å²) in [6.07, 6.45) is 5.75. The van der Waals surface area contributed by atoms with Gasteiger partial charge in [-0.2, -0.15) is 5.10 Å². The van der Waals surface area contributed by atoms with Gasteiger partial charge in [0.25, 0.3) is 0 Å². The highest BCUT2D eigenvalue weighted by atomic mass is 16.2. The zero-order valence-electron chi connectivity index (χ0n) is 17.2. The lowest BCUT2D eigenvalue weighted by atomic mass is 10.0. The third-order valence-electron chi connectivity index (χ3n) is 6.18. The maximum atomic E-state index is 13.5. The molecule has 1 atom stereocenters. The number of benzene rings is 1. The zero-order chi connectivity index (χ0) is 20.7. The number of aromatic nitrogens is 2. The molecule has 0 N–H and O–H groups in total. The van der Waals surface area contributed by atoms with E-state index >= 15 is 0 Å². The number of nitrogens with zero attached hydrogens (tertiary/aromatic N) is 6. The molecule has 8 nitrogen and oxygen atoms in total. The molecule has 1 fully saturated rings. The summed E-state index contributed by atoms with van der Waals surface area (Å²) in [7, 11) is 0. The van der Waals surface area contributed by atoms with Crippen molar-refractivity contribution in [2.45, 2.75) is 38.6 Å². The zero-order valence-corrected chi connectivity index (χ0v) is 17.2. The molecule has 0 saturated carbocycles. The van der Waals surface area contributed by atoms with Crippen molar-refractivity contribution in [1.82, 2.24) is 19.6 Å². The van der Waals surface area contributed by atoms with Gasteiger partial charge in [-0.1, -0.05) is 18.2 Å². The molecule has 0 bridgehead atoms. The van der Waals surface area contributed by atoms with Gasteiger partial charge in [0.1, 0.15) is 12.4 Å². The number of carbonyl (C=O) groups excluding carboxylic acids is 2. The number of anilines is 1. The smallest absolute Gasteiger partial charge is 0.331 e. The number of rotatable bonds is 3. The van der Waals surface area contributed by atoms with E-state index in [0.29, 0.717) is 24.7 Å². The number of piperidine rings is 1. The van der Waals surface area contributed by atoms with E-state index in [1.54, 1.807) is 20.7 Å². The Morgan fingerprint density at radius 3 is 2.77 bits per heavy atom. The van der Waals surface area contributed by atoms with Gasteiger partial charge in [-0.3, -0.25) is 19.6 Å². The normalized spacial score (nSPS) is 21.2. The Bertz CT molecular complexity index is 998. The van der Waals surface area contributed by atoms with Gasteiger partial charge in [0.15, 0.2) is 5.82 Å². The van der Waals surface area contributed by atoms with E-state index in [1.165, 1.54) is 0 Å². The second kappa shape index (κ2) is 7.59. The first-order chi connectivity index (χ1) is 14.6. The summed E-state index contributed by atoms with van der Waals surface area (Å²) < 4.78 is 1.74. The molecule has 156 valence electrons. The van der Waals surface area contributed by atoms with Gasteiger partial charge in [-0.05, 0) is 44.7 Å². The average molecular weight is 406 g/mol. The van der Waals surface area contributed by atoms with Crippen molar-refractivity contribution < 1.29 is 9.59 Å². The number of urea groups is 1. The van der Waals surface area contributed by atoms with Gasteiger partial charge in [0.2, 0.25) is 5.91 Å². The summed E-state index contributed by atoms with van der Waals surface area (Å²) in [6.45, 7) is 4.16. The molecule has 1 aromatic heterocycles. The van der Waals surface area contributed by atoms with Crippen LogP contribution in [0.3, 0.4) is 0 Å². The van der Waals surface area contributed by atoms with Gasteiger partial charge in [0, 0.05) is 25.7 Å². The van der Waals surface area contributed by atoms with Crippen molar-refractivity contribution in [3.05, 3.63) is 42.1 Å². The molecule has 0 aliphatic carbocycles. The summed E-state index contributed by atoms with van der Waals surface area (Å²) in [5, 5.41) is 4.57. The quantitative estimate of drug-likeness (QED) is 0.787. The monoisotopic (exact) mass is 406 g/mol. The number of hydrogen-bond acceptors (Lipinski definition) is 4. The van der Waals surface area contributed by atoms with Gasteiger partial charge in [-0.25, -0.2) is 9.48 Å². The standard InChI is InChI=1S/C22H26N6O2/c1-16-8-5-6-12-25(16)19(29)15-27-21-18(20-23-11-7-13-26(20)22(27)30)14-24-28(21)17-9-3-2-4-10-17/h2-4,9-10,14,16H,5-8,11-13,15H2,1H3/t16-/m0/s1. The number of amides is 3. The molecule has 0 unspecified atom stereocenters. The highest BCUT2D eigenvalue weighted by Gasteiger charge is 2.41. The second-order valence-electron chi connectivity index (χ2n) is 8.14. The van der Waals surface area contributed by atoms with Crippen LogP contribution in [0.5, 0.6) is 0 Å². The Morgan fingerprint density at radius 1 is 1.13 bits per heavy atom. The minimum absolute atomic E-state index is 0.0124. The van der Waals surface area contributed by atoms with E-state index in [2.05, 4.69) is 17.0 Å². The van der Waals surface area contributed by atoms with Crippen LogP contribution in [-0.2, 0) is 4.79 Å². The molecule has 5 rings (SSSR count). The largest absolute Gasteiger partial charge is 0.338 e. The molecule has 1 aromatic carbocycles. The van der Waals surface area contributed by atoms with E-state index in [0.717, 1.165) is 43.5 Å². The SMILES string of the molecule is C[C@H]1CCCCN1C(=O)CN1C(=O)N2CCCN=C2c2cnn(-c3ccccc3)c21. The third-order valence-corrected chi connectivity index (χ3v) is 6.18. The molecule has 0 radical (unpaired) electrons. The van der Waals surface area contributed by atoms with Crippen molar-refractivity contribution in [2.75, 3.05) is 31.1 Å². The van der Waals surface area contributed by atoms with Crippen LogP contribution in [0.4, 0.5) is 10.6 Å². The summed E-state index contributed by atoms with van der Waals surface area (Å²) in [4.78, 5) is 36.5. The highest BCUT2D eigenvalue weighted by molar-refractivity contribution is 6.19. The van der Waals surface area contributed by atoms with E-state index in [-0.39, 0.29) is 24.5 Å². The van der Waals surface area contributed by atoms with Crippen LogP contribution in [0.2, 0.25) is 0 Å². The fourth-order valence-corrected chi connectivity index (χ4v) is 4.61. The van der Waals surface area contributed by atoms with E-state index < -0.39 is 0 Å². The minimum atomic E-state index is -0.198. The molecule has 3 aliphatic heterocycles. The molecular formula is C22H26N6O2. The van der Waals surface area contributed by atoms with Crippen LogP contribution in [0.25, 0.3) is 5.69 Å². The first-order valence-corrected chi connectivity index (χ1v) is 10.7. The Balaban J connectivity index is 1.56. The van der Waals surface area contributed by atoms with Crippen LogP contribution in [0.1, 0.15) is 38.2 Å². The Labute approximate surface area is 175 Å². The van der Waals surface area contributed by atoms with Gasteiger partial charge >= 0.3 is 6.03 Å². The molecule has 3 aliphatic rings. The van der Waals surface area contributed by atoms with Crippen molar-refractivity contribution in [2.24, 2.45) is 4.99 Å². The molecule has 0 spiro atoms. The molecule has 1 saturated heterocycles. The summed E-state index contributed by atoms with van der Waals surface area (Å²) in [5.41, 5.74) is 1.65. The van der Waals surface area contributed by atoms with Gasteiger partial charge < -0.3 is 4.90 Å². The van der Waals surface area contributed by atoms with Crippen molar-refractivity contribution in [3.63, 3.8) is 0 Å². The molecule has 3 amide bonds. The molecular weight excluding hydrogens is 380 g/mol. The predicted molar refractivity (Wildman–Crippen MR) is 114 cm³/mol. The van der Waals surface area contributed by atoms with Crippen molar-refractivity contribution in [3.8, 4) is 5.69 Å². The maximum Gasteiger partial charge on any atom is 0.331 e. The Hall–Kier alpha value is -3.16. The van der Waals surface area contributed by atoms with Crippen LogP contribution < -0.4 is 4.90 Å². The lowest BCUT2D eigenvalue weighted by Crippen LogP contribution is -2.56. The minimum Gasteiger partial charge on any atom is -0.338 e. The van der Waals surface area contributed by atoms with E-state index in [9.17, 15) is 9.59 Å². The summed E-state index contributed by atoms with van der Waals surface area (Å²) in [5.74, 6) is 1.28. The van der Waals surface area contributed by atoms with E-state index in [1.807, 2.05) is 35.2 Å². The Kier molecular flexibility index (Phi) is 4.77. The maximum absolute atomic E-state index is 13.5. The molecule has 30 heavy (non-hydrogen) atoms. The number of fused-ring (bicyclic) bond motifs is 3. The van der Waals surface area contributed by atoms with Crippen LogP contribution >= 0.6 is 0 Å². The van der Waals surface area contributed by atoms with E-state index in [4.69, 9.17) is 0 Å². The predicted octanol–water partition coefficient (Wildman–Crippen LogP) is 2.67. The topological polar surface area (TPSA) is 74.0 Å². The van der Waals surface area contributed by atoms with Crippen LogP contribution in [-0.4, -0.2) is 69.6 Å². The Morgan fingerprint density at radius 2 is 1.97 bits per heavy atom. The summed E-state index contributed by atoms with van der Waals surface area (Å²) >= 11 is 0. The lowest BCUT2D eigenvalue weighted by Gasteiger charge is -2.39. The van der Waals surface area contributed by atoms with Crippen LogP contribution in [0, 0.1) is 0 Å². The van der Waals surface area contributed by atoms with Crippen molar-refractivity contribution in [1.29, 1.82) is 0 Å². The van der Waals surface area contributed by atoms with Gasteiger partial charge in [-0.15, -0.1) is 0 Å². The lowest BCUT2D eigenvalue weighted by molar-refractivity contribution is -0.132. The molecule has 4 heterocycles. The number of hydrogen-bond donors (Lipinski definition) is 0. The fourth-order valence-electron chi connectivity index (χ4n) is 4.61. The van der Waals surface area contributed by atoms with Gasteiger partial charge in [0.05, 0.1) is 17.4 Å². The second-order valence-corrected chi connectivity index (χ2v) is 8.14. The number of carbonyl (C=O) groups is 2. The number of para-hydroxylation sites is 1. The molecule has 8 heteroatoms.